The van der Waals surface area contributed by atoms with Gasteiger partial charge >= 0.3 is 0 Å². The second kappa shape index (κ2) is 5.05. The third-order valence-electron chi connectivity index (χ3n) is 5.94. The summed E-state index contributed by atoms with van der Waals surface area (Å²) in [4.78, 5) is 11.4. The topological polar surface area (TPSA) is 59.5 Å². The summed E-state index contributed by atoms with van der Waals surface area (Å²) in [6, 6.07) is 8.83. The molecule has 3 aromatic rings. The molecule has 1 aromatic carbocycles. The highest BCUT2D eigenvalue weighted by molar-refractivity contribution is 5.64. The minimum atomic E-state index is 0.158. The van der Waals surface area contributed by atoms with Crippen molar-refractivity contribution in [2.24, 2.45) is 11.1 Å². The Morgan fingerprint density at radius 1 is 1.04 bits per heavy atom. The zero-order chi connectivity index (χ0) is 16.1. The minimum Gasteiger partial charge on any atom is -0.353 e. The summed E-state index contributed by atoms with van der Waals surface area (Å²) < 4.78 is 2.03. The first kappa shape index (κ1) is 14.0. The number of imidazole rings is 1. The summed E-state index contributed by atoms with van der Waals surface area (Å²) in [6.45, 7) is 1.97. The van der Waals surface area contributed by atoms with Crippen LogP contribution in [0.4, 0.5) is 5.82 Å². The van der Waals surface area contributed by atoms with E-state index in [1.54, 1.807) is 0 Å². The van der Waals surface area contributed by atoms with Crippen molar-refractivity contribution in [1.82, 2.24) is 14.4 Å². The molecule has 2 N–H and O–H groups in total. The number of hydrogen-bond acceptors (Lipinski definition) is 4. The maximum atomic E-state index is 6.66. The van der Waals surface area contributed by atoms with Crippen LogP contribution in [0.2, 0.25) is 0 Å². The molecule has 24 heavy (non-hydrogen) atoms. The first-order valence-electron chi connectivity index (χ1n) is 8.63. The monoisotopic (exact) mass is 319 g/mol. The molecule has 0 amide bonds. The third kappa shape index (κ3) is 1.91. The van der Waals surface area contributed by atoms with E-state index in [0.29, 0.717) is 0 Å². The summed E-state index contributed by atoms with van der Waals surface area (Å²) in [5.74, 6) is 0.987. The number of nitrogens with zero attached hydrogens (tertiary/aromatic N) is 4. The van der Waals surface area contributed by atoms with Crippen LogP contribution in [0.25, 0.3) is 5.65 Å². The van der Waals surface area contributed by atoms with E-state index in [-0.39, 0.29) is 11.5 Å². The number of nitrogens with two attached hydrogens (primary N) is 1. The molecule has 1 spiro atoms. The van der Waals surface area contributed by atoms with Gasteiger partial charge in [-0.3, -0.25) is 0 Å². The number of hydrogen-bond donors (Lipinski definition) is 1. The van der Waals surface area contributed by atoms with Crippen molar-refractivity contribution in [3.05, 3.63) is 60.2 Å². The van der Waals surface area contributed by atoms with Crippen molar-refractivity contribution in [2.45, 2.75) is 25.3 Å². The summed E-state index contributed by atoms with van der Waals surface area (Å²) in [6.07, 6.45) is 10.9. The van der Waals surface area contributed by atoms with Crippen LogP contribution in [0.5, 0.6) is 0 Å². The lowest BCUT2D eigenvalue weighted by Crippen LogP contribution is -2.44. The fraction of sp³-hybridized carbons (Fsp3) is 0.368. The third-order valence-corrected chi connectivity index (χ3v) is 5.94. The van der Waals surface area contributed by atoms with Crippen molar-refractivity contribution < 1.29 is 0 Å². The molecule has 3 heterocycles. The zero-order valence-electron chi connectivity index (χ0n) is 13.6. The van der Waals surface area contributed by atoms with E-state index in [0.717, 1.165) is 43.8 Å². The molecule has 2 aromatic heterocycles. The standard InChI is InChI=1S/C19H21N5/c20-16-15-4-2-1-3-14(15)13-19(16)5-9-23(10-6-19)17-18-22-8-12-24(18)11-7-21-17/h1-4,7-8,11-12,16H,5-6,9-10,13,20H2/t16-/m1/s1. The number of aromatic nitrogens is 3. The van der Waals surface area contributed by atoms with Crippen LogP contribution in [-0.2, 0) is 6.42 Å². The molecule has 5 nitrogen and oxygen atoms in total. The summed E-state index contributed by atoms with van der Waals surface area (Å²) in [7, 11) is 0. The Morgan fingerprint density at radius 2 is 1.79 bits per heavy atom. The number of piperidine rings is 1. The number of anilines is 1. The molecule has 2 aliphatic rings. The number of rotatable bonds is 1. The summed E-state index contributed by atoms with van der Waals surface area (Å²) in [5.41, 5.74) is 10.6. The van der Waals surface area contributed by atoms with Gasteiger partial charge in [0.15, 0.2) is 11.5 Å². The molecule has 1 atom stereocenters. The van der Waals surface area contributed by atoms with E-state index in [9.17, 15) is 0 Å². The Hall–Kier alpha value is -2.40. The van der Waals surface area contributed by atoms with Crippen LogP contribution in [-0.4, -0.2) is 27.5 Å². The number of benzene rings is 1. The largest absolute Gasteiger partial charge is 0.353 e. The normalized spacial score (nSPS) is 22.2. The zero-order valence-corrected chi connectivity index (χ0v) is 13.6. The minimum absolute atomic E-state index is 0.158. The molecule has 0 saturated carbocycles. The van der Waals surface area contributed by atoms with Crippen LogP contribution >= 0.6 is 0 Å². The van der Waals surface area contributed by atoms with E-state index >= 15 is 0 Å². The van der Waals surface area contributed by atoms with E-state index in [1.807, 2.05) is 29.2 Å². The van der Waals surface area contributed by atoms with Gasteiger partial charge in [-0.05, 0) is 35.8 Å². The molecule has 0 radical (unpaired) electrons. The Morgan fingerprint density at radius 3 is 2.58 bits per heavy atom. The lowest BCUT2D eigenvalue weighted by molar-refractivity contribution is 0.187. The second-order valence-corrected chi connectivity index (χ2v) is 7.11. The van der Waals surface area contributed by atoms with Gasteiger partial charge < -0.3 is 15.0 Å². The van der Waals surface area contributed by atoms with E-state index in [1.165, 1.54) is 11.1 Å². The highest BCUT2D eigenvalue weighted by Crippen LogP contribution is 2.50. The maximum absolute atomic E-state index is 6.66. The molecule has 5 rings (SSSR count). The van der Waals surface area contributed by atoms with E-state index < -0.39 is 0 Å². The maximum Gasteiger partial charge on any atom is 0.180 e. The first-order valence-corrected chi connectivity index (χ1v) is 8.63. The molecule has 0 bridgehead atoms. The van der Waals surface area contributed by atoms with Crippen LogP contribution in [0.1, 0.15) is 30.0 Å². The van der Waals surface area contributed by atoms with Crippen LogP contribution < -0.4 is 10.6 Å². The Bertz CT molecular complexity index is 891. The fourth-order valence-electron chi connectivity index (χ4n) is 4.53. The second-order valence-electron chi connectivity index (χ2n) is 7.11. The molecular weight excluding hydrogens is 298 g/mol. The highest BCUT2D eigenvalue weighted by Gasteiger charge is 2.46. The molecule has 1 saturated heterocycles. The quantitative estimate of drug-likeness (QED) is 0.749. The highest BCUT2D eigenvalue weighted by atomic mass is 15.2. The molecule has 1 aliphatic heterocycles. The van der Waals surface area contributed by atoms with Crippen molar-refractivity contribution in [2.75, 3.05) is 18.0 Å². The van der Waals surface area contributed by atoms with Crippen molar-refractivity contribution in [3.63, 3.8) is 0 Å². The van der Waals surface area contributed by atoms with Gasteiger partial charge in [0.05, 0.1) is 0 Å². The predicted octanol–water partition coefficient (Wildman–Crippen LogP) is 2.57. The SMILES string of the molecule is N[C@@H]1c2ccccc2CC12CCN(c1nccn3ccnc13)CC2. The molecule has 5 heteroatoms. The summed E-state index contributed by atoms with van der Waals surface area (Å²) >= 11 is 0. The van der Waals surface area contributed by atoms with Gasteiger partial charge in [-0.25, -0.2) is 9.97 Å². The Labute approximate surface area is 141 Å². The number of fused-ring (bicyclic) bond motifs is 2. The molecule has 1 aliphatic carbocycles. The van der Waals surface area contributed by atoms with Crippen molar-refractivity contribution in [3.8, 4) is 0 Å². The first-order chi connectivity index (χ1) is 11.8. The van der Waals surface area contributed by atoms with Gasteiger partial charge in [-0.15, -0.1) is 0 Å². The molecule has 122 valence electrons. The molecule has 0 unspecified atom stereocenters. The van der Waals surface area contributed by atoms with Crippen LogP contribution in [0, 0.1) is 5.41 Å². The van der Waals surface area contributed by atoms with Gasteiger partial charge in [0.1, 0.15) is 0 Å². The lowest BCUT2D eigenvalue weighted by atomic mass is 9.73. The van der Waals surface area contributed by atoms with Crippen LogP contribution in [0.15, 0.2) is 49.1 Å². The summed E-state index contributed by atoms with van der Waals surface area (Å²) in [5, 5.41) is 0. The van der Waals surface area contributed by atoms with Gasteiger partial charge in [0.2, 0.25) is 0 Å². The lowest BCUT2D eigenvalue weighted by Gasteiger charge is -2.42. The fourth-order valence-corrected chi connectivity index (χ4v) is 4.53. The van der Waals surface area contributed by atoms with E-state index in [4.69, 9.17) is 5.73 Å². The molecule has 1 fully saturated rings. The van der Waals surface area contributed by atoms with Crippen LogP contribution in [0.3, 0.4) is 0 Å². The smallest absolute Gasteiger partial charge is 0.180 e. The van der Waals surface area contributed by atoms with Gasteiger partial charge in [-0.1, -0.05) is 24.3 Å². The Balaban J connectivity index is 1.41. The average molecular weight is 319 g/mol. The van der Waals surface area contributed by atoms with Crippen molar-refractivity contribution >= 4 is 11.5 Å². The van der Waals surface area contributed by atoms with Crippen molar-refractivity contribution in [1.29, 1.82) is 0 Å². The van der Waals surface area contributed by atoms with Gasteiger partial charge in [-0.2, -0.15) is 0 Å². The predicted molar refractivity (Wildman–Crippen MR) is 93.9 cm³/mol. The Kier molecular flexibility index (Phi) is 2.94. The molecular formula is C19H21N5. The van der Waals surface area contributed by atoms with Gasteiger partial charge in [0, 0.05) is 43.9 Å². The van der Waals surface area contributed by atoms with E-state index in [2.05, 4.69) is 39.1 Å². The average Bonchev–Trinajstić information content (AvgIpc) is 3.20. The van der Waals surface area contributed by atoms with Gasteiger partial charge in [0.25, 0.3) is 0 Å².